The first-order valence-electron chi connectivity index (χ1n) is 11.0. The number of anilines is 1. The number of amides is 2. The monoisotopic (exact) mass is 545 g/mol. The Labute approximate surface area is 211 Å². The predicted octanol–water partition coefficient (Wildman–Crippen LogP) is 2.64. The van der Waals surface area contributed by atoms with Gasteiger partial charge in [0.1, 0.15) is 6.04 Å². The lowest BCUT2D eigenvalue weighted by Gasteiger charge is -2.18. The smallest absolute Gasteiger partial charge is 0.416 e. The number of hydrogen-bond acceptors (Lipinski definition) is 6. The molecule has 3 rings (SSSR count). The first kappa shape index (κ1) is 28.3. The van der Waals surface area contributed by atoms with Crippen LogP contribution in [0.1, 0.15) is 27.0 Å². The molecule has 15 heteroatoms. The molecule has 2 aromatic rings. The molecule has 2 aromatic carbocycles. The molecule has 1 atom stereocenters. The molecule has 9 nitrogen and oxygen atoms in total. The highest BCUT2D eigenvalue weighted by Gasteiger charge is 2.37. The summed E-state index contributed by atoms with van der Waals surface area (Å²) in [5.74, 6) is -2.89. The van der Waals surface area contributed by atoms with E-state index in [1.165, 1.54) is 12.1 Å². The number of guanidine groups is 1. The summed E-state index contributed by atoms with van der Waals surface area (Å²) < 4.78 is 78.5. The van der Waals surface area contributed by atoms with E-state index in [0.29, 0.717) is 36.9 Å². The van der Waals surface area contributed by atoms with E-state index >= 15 is 0 Å². The molecule has 204 valence electrons. The van der Waals surface area contributed by atoms with E-state index in [0.717, 1.165) is 0 Å². The van der Waals surface area contributed by atoms with Crippen molar-refractivity contribution in [2.24, 2.45) is 4.99 Å². The maximum Gasteiger partial charge on any atom is 0.416 e. The standard InChI is InChI=1S/C23H21F6N5O4/c24-22(25,26)14-6-12(7-15(10-14)23(27,28)29)8-17(20(37)38)34-18(35)11-32-19(36)13-2-1-3-16(9-13)33-21-30-4-5-31-21/h1-3,6-7,9-10,17H,4-5,8,11H2,(H,32,36)(H,34,35)(H,37,38)(H2,30,31,33). The number of carbonyl (C=O) groups excluding carboxylic acids is 2. The van der Waals surface area contributed by atoms with Gasteiger partial charge in [-0.05, 0) is 42.0 Å². The van der Waals surface area contributed by atoms with E-state index in [1.54, 1.807) is 12.1 Å². The lowest BCUT2D eigenvalue weighted by Crippen LogP contribution is -2.46. The molecule has 0 aliphatic carbocycles. The number of carboxylic acid groups (broad SMARTS) is 1. The van der Waals surface area contributed by atoms with Gasteiger partial charge in [-0.1, -0.05) is 6.07 Å². The quantitative estimate of drug-likeness (QED) is 0.324. The van der Waals surface area contributed by atoms with Crippen molar-refractivity contribution in [3.05, 3.63) is 64.7 Å². The molecule has 1 aliphatic rings. The largest absolute Gasteiger partial charge is 0.480 e. The molecule has 2 amide bonds. The average molecular weight is 545 g/mol. The minimum absolute atomic E-state index is 0.0877. The highest BCUT2D eigenvalue weighted by molar-refractivity contribution is 5.99. The molecule has 0 bridgehead atoms. The van der Waals surface area contributed by atoms with Crippen molar-refractivity contribution in [1.29, 1.82) is 0 Å². The van der Waals surface area contributed by atoms with Crippen molar-refractivity contribution in [1.82, 2.24) is 16.0 Å². The molecule has 38 heavy (non-hydrogen) atoms. The number of nitrogens with zero attached hydrogens (tertiary/aromatic N) is 1. The van der Waals surface area contributed by atoms with Gasteiger partial charge in [-0.3, -0.25) is 14.6 Å². The van der Waals surface area contributed by atoms with Crippen LogP contribution in [0.2, 0.25) is 0 Å². The van der Waals surface area contributed by atoms with Gasteiger partial charge in [0.2, 0.25) is 5.91 Å². The molecule has 1 heterocycles. The van der Waals surface area contributed by atoms with Gasteiger partial charge in [0.05, 0.1) is 24.2 Å². The highest BCUT2D eigenvalue weighted by atomic mass is 19.4. The van der Waals surface area contributed by atoms with Crippen LogP contribution in [0.4, 0.5) is 32.0 Å². The SMILES string of the molecule is O=C(CNC(=O)c1cccc(NC2=NCCN2)c1)NC(Cc1cc(C(F)(F)F)cc(C(F)(F)F)c1)C(=O)O. The highest BCUT2D eigenvalue weighted by Crippen LogP contribution is 2.36. The molecule has 0 aromatic heterocycles. The Balaban J connectivity index is 1.64. The van der Waals surface area contributed by atoms with E-state index in [-0.39, 0.29) is 11.6 Å². The molecule has 5 N–H and O–H groups in total. The van der Waals surface area contributed by atoms with Crippen LogP contribution in [0.15, 0.2) is 47.5 Å². The molecular formula is C23H21F6N5O4. The van der Waals surface area contributed by atoms with Gasteiger partial charge < -0.3 is 26.4 Å². The zero-order valence-electron chi connectivity index (χ0n) is 19.3. The normalized spacial score (nSPS) is 14.2. The summed E-state index contributed by atoms with van der Waals surface area (Å²) in [6.45, 7) is 0.545. The number of carbonyl (C=O) groups is 3. The van der Waals surface area contributed by atoms with Crippen LogP contribution in [-0.4, -0.2) is 54.5 Å². The number of hydrogen-bond donors (Lipinski definition) is 5. The van der Waals surface area contributed by atoms with E-state index in [4.69, 9.17) is 0 Å². The molecule has 0 saturated heterocycles. The first-order chi connectivity index (χ1) is 17.7. The van der Waals surface area contributed by atoms with Crippen LogP contribution in [0.5, 0.6) is 0 Å². The minimum atomic E-state index is -5.11. The number of carboxylic acids is 1. The second-order valence-corrected chi connectivity index (χ2v) is 8.12. The van der Waals surface area contributed by atoms with Crippen LogP contribution in [-0.2, 0) is 28.4 Å². The van der Waals surface area contributed by atoms with Gasteiger partial charge in [-0.25, -0.2) is 4.79 Å². The summed E-state index contributed by atoms with van der Waals surface area (Å²) in [4.78, 5) is 40.4. The van der Waals surface area contributed by atoms with Gasteiger partial charge in [-0.15, -0.1) is 0 Å². The third-order valence-corrected chi connectivity index (χ3v) is 5.19. The van der Waals surface area contributed by atoms with Crippen LogP contribution in [0, 0.1) is 0 Å². The van der Waals surface area contributed by atoms with Crippen molar-refractivity contribution < 1.29 is 45.8 Å². The zero-order valence-corrected chi connectivity index (χ0v) is 19.3. The van der Waals surface area contributed by atoms with Crippen LogP contribution in [0.25, 0.3) is 0 Å². The summed E-state index contributed by atoms with van der Waals surface area (Å²) in [6, 6.07) is 4.97. The number of rotatable bonds is 8. The maximum absolute atomic E-state index is 13.1. The maximum atomic E-state index is 13.1. The van der Waals surface area contributed by atoms with E-state index in [2.05, 4.69) is 20.9 Å². The van der Waals surface area contributed by atoms with E-state index in [9.17, 15) is 45.8 Å². The number of aliphatic carboxylic acids is 1. The van der Waals surface area contributed by atoms with Crippen LogP contribution < -0.4 is 21.3 Å². The predicted molar refractivity (Wildman–Crippen MR) is 122 cm³/mol. The van der Waals surface area contributed by atoms with Crippen molar-refractivity contribution >= 4 is 29.4 Å². The fourth-order valence-electron chi connectivity index (χ4n) is 3.44. The van der Waals surface area contributed by atoms with Crippen molar-refractivity contribution in [2.45, 2.75) is 24.8 Å². The fraction of sp³-hybridized carbons (Fsp3) is 0.304. The van der Waals surface area contributed by atoms with Gasteiger partial charge in [0.25, 0.3) is 5.91 Å². The van der Waals surface area contributed by atoms with Crippen molar-refractivity contribution in [2.75, 3.05) is 25.0 Å². The number of halogens is 6. The van der Waals surface area contributed by atoms with Gasteiger partial charge in [0.15, 0.2) is 5.96 Å². The van der Waals surface area contributed by atoms with Crippen molar-refractivity contribution in [3.63, 3.8) is 0 Å². The molecular weight excluding hydrogens is 524 g/mol. The Morgan fingerprint density at radius 1 is 1.00 bits per heavy atom. The minimum Gasteiger partial charge on any atom is -0.480 e. The molecule has 0 radical (unpaired) electrons. The summed E-state index contributed by atoms with van der Waals surface area (Å²) in [7, 11) is 0. The molecule has 0 spiro atoms. The van der Waals surface area contributed by atoms with Gasteiger partial charge >= 0.3 is 18.3 Å². The first-order valence-corrected chi connectivity index (χ1v) is 11.0. The summed E-state index contributed by atoms with van der Waals surface area (Å²) in [5.41, 5.74) is -3.15. The summed E-state index contributed by atoms with van der Waals surface area (Å²) >= 11 is 0. The van der Waals surface area contributed by atoms with E-state index < -0.39 is 65.8 Å². The van der Waals surface area contributed by atoms with Crippen LogP contribution in [0.3, 0.4) is 0 Å². The molecule has 0 fully saturated rings. The lowest BCUT2D eigenvalue weighted by atomic mass is 9.99. The van der Waals surface area contributed by atoms with Crippen molar-refractivity contribution in [3.8, 4) is 0 Å². The summed E-state index contributed by atoms with van der Waals surface area (Å²) in [5, 5.41) is 19.6. The Morgan fingerprint density at radius 2 is 1.66 bits per heavy atom. The van der Waals surface area contributed by atoms with E-state index in [1.807, 2.05) is 5.32 Å². The molecule has 0 saturated carbocycles. The topological polar surface area (TPSA) is 132 Å². The zero-order chi connectivity index (χ0) is 28.1. The number of nitrogens with one attached hydrogen (secondary N) is 4. The Bertz CT molecular complexity index is 1210. The average Bonchev–Trinajstić information content (AvgIpc) is 3.34. The molecule has 1 unspecified atom stereocenters. The number of alkyl halides is 6. The Morgan fingerprint density at radius 3 is 2.21 bits per heavy atom. The second-order valence-electron chi connectivity index (χ2n) is 8.12. The number of aliphatic imine (C=N–C) groups is 1. The Hall–Kier alpha value is -4.30. The number of benzene rings is 2. The van der Waals surface area contributed by atoms with Crippen LogP contribution >= 0.6 is 0 Å². The lowest BCUT2D eigenvalue weighted by molar-refractivity contribution is -0.143. The third kappa shape index (κ3) is 7.85. The van der Waals surface area contributed by atoms with Gasteiger partial charge in [0, 0.05) is 24.2 Å². The third-order valence-electron chi connectivity index (χ3n) is 5.19. The second kappa shape index (κ2) is 11.4. The Kier molecular flexibility index (Phi) is 8.48. The molecule has 1 aliphatic heterocycles. The fourth-order valence-corrected chi connectivity index (χ4v) is 3.44. The van der Waals surface area contributed by atoms with Gasteiger partial charge in [-0.2, -0.15) is 26.3 Å². The summed E-state index contributed by atoms with van der Waals surface area (Å²) in [6.07, 6.45) is -11.1.